The monoisotopic (exact) mass is 531 g/mol. The third kappa shape index (κ3) is 4.54. The highest BCUT2D eigenvalue weighted by Crippen LogP contribution is 2.68. The Bertz CT molecular complexity index is 1170. The summed E-state index contributed by atoms with van der Waals surface area (Å²) in [7, 11) is -1.86. The highest BCUT2D eigenvalue weighted by molar-refractivity contribution is 7.54. The SMILES string of the molecule is COP(=O)(OC)C(c1ccc([N+](=O)[O-])cc1)N(C(=O)C1(C)CC1(Cl)Cl)c1ccc([N+](=O)[O-])cc1. The number of anilines is 1. The van der Waals surface area contributed by atoms with Crippen molar-refractivity contribution in [3.63, 3.8) is 0 Å². The number of benzene rings is 2. The third-order valence-electron chi connectivity index (χ3n) is 5.74. The molecule has 11 nitrogen and oxygen atoms in total. The van der Waals surface area contributed by atoms with E-state index in [2.05, 4.69) is 0 Å². The van der Waals surface area contributed by atoms with Crippen molar-refractivity contribution in [2.75, 3.05) is 19.1 Å². The van der Waals surface area contributed by atoms with Crippen LogP contribution in [0.2, 0.25) is 0 Å². The van der Waals surface area contributed by atoms with Crippen molar-refractivity contribution >= 4 is 53.8 Å². The molecule has 2 aromatic carbocycles. The molecule has 1 aliphatic carbocycles. The van der Waals surface area contributed by atoms with Gasteiger partial charge in [0, 0.05) is 44.2 Å². The minimum absolute atomic E-state index is 0.0999. The van der Waals surface area contributed by atoms with Gasteiger partial charge in [0.25, 0.3) is 11.4 Å². The smallest absolute Gasteiger partial charge is 0.310 e. The summed E-state index contributed by atoms with van der Waals surface area (Å²) >= 11 is 12.5. The molecule has 0 N–H and O–H groups in total. The van der Waals surface area contributed by atoms with Crippen LogP contribution in [0.15, 0.2) is 48.5 Å². The molecule has 0 aromatic heterocycles. The van der Waals surface area contributed by atoms with Gasteiger partial charge >= 0.3 is 7.60 Å². The first kappa shape index (κ1) is 26.1. The summed E-state index contributed by atoms with van der Waals surface area (Å²) in [6, 6.07) is 9.98. The molecule has 2 atom stereocenters. The van der Waals surface area contributed by atoms with Gasteiger partial charge in [-0.05, 0) is 43.2 Å². The maximum Gasteiger partial charge on any atom is 0.357 e. The van der Waals surface area contributed by atoms with Gasteiger partial charge in [-0.2, -0.15) is 0 Å². The fourth-order valence-electron chi connectivity index (χ4n) is 3.52. The van der Waals surface area contributed by atoms with Crippen LogP contribution in [-0.2, 0) is 18.4 Å². The number of non-ortho nitro benzene ring substituents is 2. The van der Waals surface area contributed by atoms with Crippen LogP contribution in [0.25, 0.3) is 0 Å². The van der Waals surface area contributed by atoms with Crippen molar-refractivity contribution in [1.29, 1.82) is 0 Å². The van der Waals surface area contributed by atoms with Gasteiger partial charge in [0.2, 0.25) is 5.91 Å². The lowest BCUT2D eigenvalue weighted by atomic mass is 10.1. The van der Waals surface area contributed by atoms with Crippen LogP contribution in [0.3, 0.4) is 0 Å². The molecule has 0 spiro atoms. The van der Waals surface area contributed by atoms with Crippen LogP contribution in [-0.4, -0.2) is 34.3 Å². The predicted molar refractivity (Wildman–Crippen MR) is 125 cm³/mol. The number of hydrogen-bond acceptors (Lipinski definition) is 8. The summed E-state index contributed by atoms with van der Waals surface area (Å²) in [5.41, 5.74) is -1.40. The van der Waals surface area contributed by atoms with Gasteiger partial charge in [-0.15, -0.1) is 23.2 Å². The van der Waals surface area contributed by atoms with Crippen LogP contribution in [0.5, 0.6) is 0 Å². The lowest BCUT2D eigenvalue weighted by molar-refractivity contribution is -0.385. The normalized spacial score (nSPS) is 19.8. The standard InChI is InChI=1S/C20H20Cl2N3O8P/c1-19(12-20(19,21)22)18(26)23(14-8-10-16(11-9-14)25(29)30)17(34(31,32-2)33-3)13-4-6-15(7-5-13)24(27)28/h4-11,17H,12H2,1-3H3. The van der Waals surface area contributed by atoms with E-state index in [4.69, 9.17) is 32.2 Å². The second-order valence-corrected chi connectivity index (χ2v) is 11.6. The Morgan fingerprint density at radius 2 is 1.41 bits per heavy atom. The highest BCUT2D eigenvalue weighted by atomic mass is 35.5. The first-order chi connectivity index (χ1) is 15.8. The lowest BCUT2D eigenvalue weighted by Gasteiger charge is -2.37. The Labute approximate surface area is 204 Å². The molecule has 0 saturated heterocycles. The molecule has 1 saturated carbocycles. The highest BCUT2D eigenvalue weighted by Gasteiger charge is 2.70. The van der Waals surface area contributed by atoms with Crippen molar-refractivity contribution in [2.24, 2.45) is 5.41 Å². The summed E-state index contributed by atoms with van der Waals surface area (Å²) in [6.07, 6.45) is 0.0999. The van der Waals surface area contributed by atoms with E-state index in [1.165, 1.54) is 55.5 Å². The molecule has 0 radical (unpaired) electrons. The molecular formula is C20H20Cl2N3O8P. The number of nitro benzene ring substituents is 2. The zero-order chi connectivity index (χ0) is 25.5. The fourth-order valence-corrected chi connectivity index (χ4v) is 5.82. The van der Waals surface area contributed by atoms with Crippen LogP contribution in [0.1, 0.15) is 24.7 Å². The molecule has 1 fully saturated rings. The Kier molecular flexibility index (Phi) is 7.08. The van der Waals surface area contributed by atoms with E-state index in [-0.39, 0.29) is 29.0 Å². The van der Waals surface area contributed by atoms with Crippen molar-refractivity contribution in [1.82, 2.24) is 0 Å². The third-order valence-corrected chi connectivity index (χ3v) is 8.99. The van der Waals surface area contributed by atoms with Crippen molar-refractivity contribution < 1.29 is 28.3 Å². The second kappa shape index (κ2) is 9.24. The maximum atomic E-state index is 13.8. The van der Waals surface area contributed by atoms with Gasteiger partial charge in [-0.3, -0.25) is 34.5 Å². The van der Waals surface area contributed by atoms with Gasteiger partial charge in [0.15, 0.2) is 5.78 Å². The lowest BCUT2D eigenvalue weighted by Crippen LogP contribution is -2.41. The number of amides is 1. The molecule has 1 aliphatic rings. The Morgan fingerprint density at radius 3 is 1.76 bits per heavy atom. The van der Waals surface area contributed by atoms with E-state index in [9.17, 15) is 29.6 Å². The molecule has 1 amide bonds. The molecule has 14 heteroatoms. The molecule has 34 heavy (non-hydrogen) atoms. The minimum Gasteiger partial charge on any atom is -0.310 e. The van der Waals surface area contributed by atoms with E-state index < -0.39 is 38.9 Å². The summed E-state index contributed by atoms with van der Waals surface area (Å²) < 4.78 is 22.8. The van der Waals surface area contributed by atoms with Crippen molar-refractivity contribution in [2.45, 2.75) is 23.5 Å². The van der Waals surface area contributed by atoms with Crippen LogP contribution in [0.4, 0.5) is 17.1 Å². The van der Waals surface area contributed by atoms with E-state index >= 15 is 0 Å². The van der Waals surface area contributed by atoms with Gasteiger partial charge in [-0.1, -0.05) is 0 Å². The molecule has 2 unspecified atom stereocenters. The van der Waals surface area contributed by atoms with E-state index in [1.807, 2.05) is 0 Å². The second-order valence-electron chi connectivity index (χ2n) is 7.79. The average Bonchev–Trinajstić information content (AvgIpc) is 3.35. The Balaban J connectivity index is 2.24. The number of rotatable bonds is 9. The van der Waals surface area contributed by atoms with Gasteiger partial charge in [-0.25, -0.2) is 0 Å². The van der Waals surface area contributed by atoms with Gasteiger partial charge < -0.3 is 9.05 Å². The van der Waals surface area contributed by atoms with Gasteiger partial charge in [0.05, 0.1) is 15.3 Å². The summed E-state index contributed by atoms with van der Waals surface area (Å²) in [5.74, 6) is -2.05. The molecule has 182 valence electrons. The van der Waals surface area contributed by atoms with E-state index in [0.29, 0.717) is 0 Å². The summed E-state index contributed by atoms with van der Waals surface area (Å²) in [4.78, 5) is 35.9. The predicted octanol–water partition coefficient (Wildman–Crippen LogP) is 5.60. The van der Waals surface area contributed by atoms with Crippen LogP contribution < -0.4 is 4.90 Å². The number of carbonyl (C=O) groups is 1. The summed E-state index contributed by atoms with van der Waals surface area (Å²) in [5, 5.41) is 22.2. The average molecular weight is 532 g/mol. The van der Waals surface area contributed by atoms with Crippen molar-refractivity contribution in [3.8, 4) is 0 Å². The van der Waals surface area contributed by atoms with Crippen LogP contribution in [0, 0.1) is 25.6 Å². The van der Waals surface area contributed by atoms with E-state index in [1.54, 1.807) is 0 Å². The zero-order valence-electron chi connectivity index (χ0n) is 18.2. The topological polar surface area (TPSA) is 142 Å². The number of nitrogens with zero attached hydrogens (tertiary/aromatic N) is 3. The fraction of sp³-hybridized carbons (Fsp3) is 0.350. The van der Waals surface area contributed by atoms with Gasteiger partial charge in [0.1, 0.15) is 4.33 Å². The maximum absolute atomic E-state index is 13.8. The summed E-state index contributed by atoms with van der Waals surface area (Å²) in [6.45, 7) is 1.53. The Morgan fingerprint density at radius 1 is 1.00 bits per heavy atom. The molecule has 2 aromatic rings. The number of carbonyl (C=O) groups excluding carboxylic acids is 1. The molecular weight excluding hydrogens is 512 g/mol. The number of halogens is 2. The molecule has 0 bridgehead atoms. The zero-order valence-corrected chi connectivity index (χ0v) is 20.6. The van der Waals surface area contributed by atoms with E-state index in [0.717, 1.165) is 19.1 Å². The number of hydrogen-bond donors (Lipinski definition) is 0. The van der Waals surface area contributed by atoms with Crippen LogP contribution >= 0.6 is 30.8 Å². The molecule has 0 aliphatic heterocycles. The Hall–Kier alpha value is -2.56. The quantitative estimate of drug-likeness (QED) is 0.176. The number of alkyl halides is 2. The first-order valence-corrected chi connectivity index (χ1v) is 12.1. The van der Waals surface area contributed by atoms with Crippen molar-refractivity contribution in [3.05, 3.63) is 74.3 Å². The minimum atomic E-state index is -4.13. The first-order valence-electron chi connectivity index (χ1n) is 9.73. The molecule has 3 rings (SSSR count). The molecule has 0 heterocycles. The number of nitro groups is 2. The largest absolute Gasteiger partial charge is 0.357 e.